The van der Waals surface area contributed by atoms with E-state index in [4.69, 9.17) is 5.21 Å². The van der Waals surface area contributed by atoms with Crippen molar-refractivity contribution >= 4 is 17.1 Å². The van der Waals surface area contributed by atoms with Gasteiger partial charge in [-0.25, -0.2) is 0 Å². The minimum absolute atomic E-state index is 0.295. The van der Waals surface area contributed by atoms with Crippen molar-refractivity contribution in [3.8, 4) is 0 Å². The van der Waals surface area contributed by atoms with Crippen molar-refractivity contribution in [2.75, 3.05) is 0 Å². The first-order valence-corrected chi connectivity index (χ1v) is 6.00. The third kappa shape index (κ3) is 1.69. The van der Waals surface area contributed by atoms with E-state index in [0.717, 1.165) is 24.8 Å². The van der Waals surface area contributed by atoms with Crippen LogP contribution < -0.4 is 0 Å². The standard InChI is InChI=1S/C13H15N3O/c17-15-9-11-5-3-7-13(11)16-12-6-2-1-4-10(12)8-14-16/h1-2,4,6,8-9,11,13,17H,3,5,7H2. The third-order valence-electron chi connectivity index (χ3n) is 3.61. The molecule has 0 saturated heterocycles. The number of para-hydroxylation sites is 1. The summed E-state index contributed by atoms with van der Waals surface area (Å²) in [5.41, 5.74) is 1.16. The number of aromatic nitrogens is 2. The summed E-state index contributed by atoms with van der Waals surface area (Å²) in [6.45, 7) is 0. The van der Waals surface area contributed by atoms with Crippen LogP contribution in [-0.2, 0) is 0 Å². The van der Waals surface area contributed by atoms with Crippen LogP contribution in [0.15, 0.2) is 35.6 Å². The van der Waals surface area contributed by atoms with Gasteiger partial charge in [-0.2, -0.15) is 5.10 Å². The molecule has 17 heavy (non-hydrogen) atoms. The Morgan fingerprint density at radius 1 is 1.35 bits per heavy atom. The number of oxime groups is 1. The lowest BCUT2D eigenvalue weighted by molar-refractivity contribution is 0.314. The predicted octanol–water partition coefficient (Wildman–Crippen LogP) is 2.84. The van der Waals surface area contributed by atoms with E-state index in [2.05, 4.69) is 27.1 Å². The van der Waals surface area contributed by atoms with E-state index in [0.29, 0.717) is 12.0 Å². The largest absolute Gasteiger partial charge is 0.411 e. The van der Waals surface area contributed by atoms with Gasteiger partial charge in [0, 0.05) is 17.5 Å². The van der Waals surface area contributed by atoms with Gasteiger partial charge in [0.15, 0.2) is 0 Å². The van der Waals surface area contributed by atoms with Crippen molar-refractivity contribution in [2.24, 2.45) is 11.1 Å². The summed E-state index contributed by atoms with van der Waals surface area (Å²) in [6.07, 6.45) is 6.88. The number of fused-ring (bicyclic) bond motifs is 1. The lowest BCUT2D eigenvalue weighted by Gasteiger charge is -2.16. The zero-order chi connectivity index (χ0) is 11.7. The first-order chi connectivity index (χ1) is 8.40. The molecule has 2 atom stereocenters. The molecule has 1 aliphatic rings. The highest BCUT2D eigenvalue weighted by Crippen LogP contribution is 2.35. The quantitative estimate of drug-likeness (QED) is 0.489. The normalized spacial score (nSPS) is 24.9. The summed E-state index contributed by atoms with van der Waals surface area (Å²) in [7, 11) is 0. The Bertz CT molecular complexity index is 546. The molecule has 0 bridgehead atoms. The van der Waals surface area contributed by atoms with Gasteiger partial charge in [0.05, 0.1) is 17.8 Å². The average molecular weight is 229 g/mol. The average Bonchev–Trinajstić information content (AvgIpc) is 2.95. The van der Waals surface area contributed by atoms with Crippen LogP contribution in [0.3, 0.4) is 0 Å². The van der Waals surface area contributed by atoms with Crippen LogP contribution in [0.2, 0.25) is 0 Å². The molecule has 88 valence electrons. The summed E-state index contributed by atoms with van der Waals surface area (Å²) < 4.78 is 2.08. The van der Waals surface area contributed by atoms with Crippen LogP contribution in [0.4, 0.5) is 0 Å². The number of nitrogens with zero attached hydrogens (tertiary/aromatic N) is 3. The molecule has 3 rings (SSSR count). The van der Waals surface area contributed by atoms with Crippen molar-refractivity contribution in [1.82, 2.24) is 9.78 Å². The summed E-state index contributed by atoms with van der Waals surface area (Å²) in [5.74, 6) is 0.295. The van der Waals surface area contributed by atoms with E-state index >= 15 is 0 Å². The Hall–Kier alpha value is -1.84. The second-order valence-corrected chi connectivity index (χ2v) is 4.57. The number of hydrogen-bond acceptors (Lipinski definition) is 3. The number of benzene rings is 1. The topological polar surface area (TPSA) is 50.4 Å². The zero-order valence-corrected chi connectivity index (χ0v) is 9.53. The molecule has 1 fully saturated rings. The minimum atomic E-state index is 0.295. The maximum atomic E-state index is 8.70. The monoisotopic (exact) mass is 229 g/mol. The summed E-state index contributed by atoms with van der Waals surface area (Å²) in [6, 6.07) is 8.54. The minimum Gasteiger partial charge on any atom is -0.411 e. The Kier molecular flexibility index (Phi) is 2.55. The highest BCUT2D eigenvalue weighted by atomic mass is 16.4. The van der Waals surface area contributed by atoms with Gasteiger partial charge in [-0.05, 0) is 18.9 Å². The van der Waals surface area contributed by atoms with Crippen LogP contribution in [0.25, 0.3) is 10.9 Å². The molecule has 1 N–H and O–H groups in total. The molecule has 2 aromatic rings. The van der Waals surface area contributed by atoms with E-state index in [9.17, 15) is 0 Å². The van der Waals surface area contributed by atoms with Gasteiger partial charge >= 0.3 is 0 Å². The molecule has 0 spiro atoms. The molecule has 2 unspecified atom stereocenters. The first kappa shape index (κ1) is 10.3. The van der Waals surface area contributed by atoms with E-state index in [1.807, 2.05) is 18.3 Å². The van der Waals surface area contributed by atoms with Crippen LogP contribution in [0.1, 0.15) is 25.3 Å². The number of rotatable bonds is 2. The van der Waals surface area contributed by atoms with E-state index < -0.39 is 0 Å². The lowest BCUT2D eigenvalue weighted by atomic mass is 10.1. The molecule has 1 saturated carbocycles. The van der Waals surface area contributed by atoms with Gasteiger partial charge < -0.3 is 5.21 Å². The van der Waals surface area contributed by atoms with Crippen molar-refractivity contribution in [1.29, 1.82) is 0 Å². The fraction of sp³-hybridized carbons (Fsp3) is 0.385. The smallest absolute Gasteiger partial charge is 0.0685 e. The maximum absolute atomic E-state index is 8.70. The summed E-state index contributed by atoms with van der Waals surface area (Å²) in [4.78, 5) is 0. The van der Waals surface area contributed by atoms with Gasteiger partial charge in [0.2, 0.25) is 0 Å². The van der Waals surface area contributed by atoms with E-state index in [1.165, 1.54) is 5.39 Å². The van der Waals surface area contributed by atoms with Crippen LogP contribution in [-0.4, -0.2) is 21.2 Å². The molecular weight excluding hydrogens is 214 g/mol. The molecule has 1 aliphatic carbocycles. The second-order valence-electron chi connectivity index (χ2n) is 4.57. The Labute approximate surface area is 99.5 Å². The summed E-state index contributed by atoms with van der Waals surface area (Å²) in [5, 5.41) is 17.5. The highest BCUT2D eigenvalue weighted by Gasteiger charge is 2.29. The SMILES string of the molecule is ON=CC1CCCC1n1ncc2ccccc21. The predicted molar refractivity (Wildman–Crippen MR) is 66.4 cm³/mol. The van der Waals surface area contributed by atoms with Crippen molar-refractivity contribution in [2.45, 2.75) is 25.3 Å². The lowest BCUT2D eigenvalue weighted by Crippen LogP contribution is -2.16. The van der Waals surface area contributed by atoms with Crippen molar-refractivity contribution in [3.63, 3.8) is 0 Å². The van der Waals surface area contributed by atoms with Crippen molar-refractivity contribution in [3.05, 3.63) is 30.5 Å². The third-order valence-corrected chi connectivity index (χ3v) is 3.61. The first-order valence-electron chi connectivity index (χ1n) is 6.00. The molecule has 1 aromatic heterocycles. The molecule has 0 radical (unpaired) electrons. The van der Waals surface area contributed by atoms with Gasteiger partial charge in [-0.1, -0.05) is 24.6 Å². The molecule has 1 aromatic carbocycles. The van der Waals surface area contributed by atoms with Gasteiger partial charge in [0.25, 0.3) is 0 Å². The molecular formula is C13H15N3O. The molecule has 4 heteroatoms. The van der Waals surface area contributed by atoms with E-state index in [-0.39, 0.29) is 0 Å². The van der Waals surface area contributed by atoms with Gasteiger partial charge in [-0.3, -0.25) is 4.68 Å². The summed E-state index contributed by atoms with van der Waals surface area (Å²) >= 11 is 0. The molecule has 1 heterocycles. The van der Waals surface area contributed by atoms with Crippen LogP contribution in [0.5, 0.6) is 0 Å². The molecule has 0 amide bonds. The Morgan fingerprint density at radius 3 is 3.12 bits per heavy atom. The highest BCUT2D eigenvalue weighted by molar-refractivity contribution is 5.78. The van der Waals surface area contributed by atoms with Crippen molar-refractivity contribution < 1.29 is 5.21 Å². The Balaban J connectivity index is 2.03. The number of hydrogen-bond donors (Lipinski definition) is 1. The van der Waals surface area contributed by atoms with Gasteiger partial charge in [0.1, 0.15) is 0 Å². The fourth-order valence-electron chi connectivity index (χ4n) is 2.79. The van der Waals surface area contributed by atoms with Crippen LogP contribution in [0, 0.1) is 5.92 Å². The Morgan fingerprint density at radius 2 is 2.24 bits per heavy atom. The van der Waals surface area contributed by atoms with Crippen LogP contribution >= 0.6 is 0 Å². The maximum Gasteiger partial charge on any atom is 0.0685 e. The zero-order valence-electron chi connectivity index (χ0n) is 9.53. The molecule has 4 nitrogen and oxygen atoms in total. The van der Waals surface area contributed by atoms with E-state index in [1.54, 1.807) is 6.21 Å². The fourth-order valence-corrected chi connectivity index (χ4v) is 2.79. The second kappa shape index (κ2) is 4.20. The van der Waals surface area contributed by atoms with Gasteiger partial charge in [-0.15, -0.1) is 5.16 Å². The molecule has 0 aliphatic heterocycles.